The van der Waals surface area contributed by atoms with Crippen LogP contribution in [0.1, 0.15) is 49.1 Å². The van der Waals surface area contributed by atoms with Gasteiger partial charge in [-0.2, -0.15) is 0 Å². The first-order chi connectivity index (χ1) is 14.4. The van der Waals surface area contributed by atoms with Gasteiger partial charge < -0.3 is 0 Å². The molecule has 0 saturated carbocycles. The summed E-state index contributed by atoms with van der Waals surface area (Å²) in [7, 11) is 0. The summed E-state index contributed by atoms with van der Waals surface area (Å²) in [4.78, 5) is 49.8. The maximum Gasteiger partial charge on any atom is 0.269 e. The lowest BCUT2D eigenvalue weighted by Gasteiger charge is -2.14. The van der Waals surface area contributed by atoms with E-state index in [9.17, 15) is 24.5 Å². The minimum Gasteiger partial charge on any atom is -0.289 e. The fourth-order valence-electron chi connectivity index (χ4n) is 3.40. The van der Waals surface area contributed by atoms with E-state index in [0.29, 0.717) is 5.69 Å². The number of imide groups is 1. The minimum atomic E-state index is -0.546. The van der Waals surface area contributed by atoms with Gasteiger partial charge in [0.2, 0.25) is 0 Å². The Bertz CT molecular complexity index is 1200. The van der Waals surface area contributed by atoms with Gasteiger partial charge in [-0.25, -0.2) is 4.90 Å². The maximum absolute atomic E-state index is 12.9. The summed E-state index contributed by atoms with van der Waals surface area (Å²) in [6.45, 7) is 2.01. The number of carbonyl (C=O) groups is 3. The molecule has 0 spiro atoms. The van der Waals surface area contributed by atoms with Crippen LogP contribution in [0.5, 0.6) is 0 Å². The molecule has 3 aromatic carbocycles. The average molecular weight is 400 g/mol. The van der Waals surface area contributed by atoms with E-state index in [-0.39, 0.29) is 27.9 Å². The lowest BCUT2D eigenvalue weighted by molar-refractivity contribution is -0.384. The monoisotopic (exact) mass is 400 g/mol. The number of hydrogen-bond donors (Lipinski definition) is 0. The van der Waals surface area contributed by atoms with Crippen LogP contribution in [0.25, 0.3) is 0 Å². The average Bonchev–Trinajstić information content (AvgIpc) is 3.03. The number of anilines is 1. The molecule has 1 aliphatic heterocycles. The lowest BCUT2D eigenvalue weighted by atomic mass is 9.99. The zero-order chi connectivity index (χ0) is 21.4. The Labute approximate surface area is 171 Å². The third kappa shape index (κ3) is 3.16. The topological polar surface area (TPSA) is 97.6 Å². The first-order valence-electron chi connectivity index (χ1n) is 9.31. The quantitative estimate of drug-likeness (QED) is 0.277. The normalized spacial score (nSPS) is 12.8. The Morgan fingerprint density at radius 3 is 2.07 bits per heavy atom. The summed E-state index contributed by atoms with van der Waals surface area (Å²) < 4.78 is 0. The van der Waals surface area contributed by atoms with Gasteiger partial charge >= 0.3 is 0 Å². The van der Waals surface area contributed by atoms with Gasteiger partial charge in [-0.15, -0.1) is 0 Å². The second-order valence-corrected chi connectivity index (χ2v) is 6.86. The number of nitro benzene ring substituents is 1. The minimum absolute atomic E-state index is 0.119. The molecule has 1 heterocycles. The number of carbonyl (C=O) groups excluding carboxylic acids is 3. The highest BCUT2D eigenvalue weighted by Gasteiger charge is 2.37. The van der Waals surface area contributed by atoms with Crippen molar-refractivity contribution in [2.45, 2.75) is 13.3 Å². The Morgan fingerprint density at radius 2 is 1.47 bits per heavy atom. The van der Waals surface area contributed by atoms with E-state index >= 15 is 0 Å². The van der Waals surface area contributed by atoms with E-state index < -0.39 is 22.5 Å². The molecule has 0 N–H and O–H groups in total. The SMILES string of the molecule is CCc1ccc(N2C(=O)c3ccc(C(=O)c4ccc([N+](=O)[O-])cc4)cc3C2=O)cc1. The van der Waals surface area contributed by atoms with Crippen LogP contribution < -0.4 is 4.90 Å². The number of benzene rings is 3. The number of non-ortho nitro benzene ring substituents is 1. The van der Waals surface area contributed by atoms with Crippen molar-refractivity contribution in [3.05, 3.63) is 105 Å². The summed E-state index contributed by atoms with van der Waals surface area (Å²) in [5, 5.41) is 10.8. The van der Waals surface area contributed by atoms with Crippen molar-refractivity contribution in [1.82, 2.24) is 0 Å². The molecule has 148 valence electrons. The van der Waals surface area contributed by atoms with Gasteiger partial charge in [0.15, 0.2) is 5.78 Å². The fraction of sp³-hybridized carbons (Fsp3) is 0.0870. The number of amides is 2. The Kier molecular flexibility index (Phi) is 4.71. The predicted molar refractivity (Wildman–Crippen MR) is 110 cm³/mol. The van der Waals surface area contributed by atoms with Gasteiger partial charge in [0.25, 0.3) is 17.5 Å². The number of nitro groups is 1. The van der Waals surface area contributed by atoms with Crippen LogP contribution in [0.2, 0.25) is 0 Å². The van der Waals surface area contributed by atoms with E-state index in [4.69, 9.17) is 0 Å². The Hall–Kier alpha value is -4.13. The number of hydrogen-bond acceptors (Lipinski definition) is 5. The van der Waals surface area contributed by atoms with Crippen LogP contribution in [0.4, 0.5) is 11.4 Å². The zero-order valence-corrected chi connectivity index (χ0v) is 16.0. The summed E-state index contributed by atoms with van der Waals surface area (Å²) in [6, 6.07) is 16.8. The van der Waals surface area contributed by atoms with Crippen molar-refractivity contribution in [2.75, 3.05) is 4.90 Å². The largest absolute Gasteiger partial charge is 0.289 e. The molecule has 30 heavy (non-hydrogen) atoms. The van der Waals surface area contributed by atoms with Crippen molar-refractivity contribution in [3.8, 4) is 0 Å². The molecular formula is C23H16N2O5. The molecule has 3 aromatic rings. The molecule has 0 aromatic heterocycles. The summed E-state index contributed by atoms with van der Waals surface area (Å²) in [5.41, 5.74) is 2.32. The predicted octanol–water partition coefficient (Wildman–Crippen LogP) is 4.19. The van der Waals surface area contributed by atoms with Crippen LogP contribution in [0, 0.1) is 10.1 Å². The highest BCUT2D eigenvalue weighted by atomic mass is 16.6. The number of rotatable bonds is 5. The van der Waals surface area contributed by atoms with E-state index in [0.717, 1.165) is 16.9 Å². The highest BCUT2D eigenvalue weighted by Crippen LogP contribution is 2.30. The molecule has 4 rings (SSSR count). The number of aryl methyl sites for hydroxylation is 1. The molecule has 0 bridgehead atoms. The van der Waals surface area contributed by atoms with Gasteiger partial charge in [0.05, 0.1) is 21.7 Å². The standard InChI is InChI=1S/C23H16N2O5/c1-2-14-3-8-17(9-4-14)24-22(27)19-12-7-16(13-20(19)23(24)28)21(26)15-5-10-18(11-6-15)25(29)30/h3-13H,2H2,1H3. The number of fused-ring (bicyclic) bond motifs is 1. The van der Waals surface area contributed by atoms with E-state index in [1.165, 1.54) is 42.5 Å². The zero-order valence-electron chi connectivity index (χ0n) is 16.0. The van der Waals surface area contributed by atoms with E-state index in [1.807, 2.05) is 19.1 Å². The highest BCUT2D eigenvalue weighted by molar-refractivity contribution is 6.34. The van der Waals surface area contributed by atoms with Gasteiger partial charge in [0, 0.05) is 23.3 Å². The number of ketones is 1. The molecule has 1 aliphatic rings. The molecule has 2 amide bonds. The first-order valence-corrected chi connectivity index (χ1v) is 9.31. The van der Waals surface area contributed by atoms with E-state index in [2.05, 4.69) is 0 Å². The fourth-order valence-corrected chi connectivity index (χ4v) is 3.40. The lowest BCUT2D eigenvalue weighted by Crippen LogP contribution is -2.29. The second-order valence-electron chi connectivity index (χ2n) is 6.86. The van der Waals surface area contributed by atoms with Crippen molar-refractivity contribution < 1.29 is 19.3 Å². The molecule has 7 heteroatoms. The molecule has 0 atom stereocenters. The molecule has 0 unspecified atom stereocenters. The van der Waals surface area contributed by atoms with Gasteiger partial charge in [-0.1, -0.05) is 25.1 Å². The summed E-state index contributed by atoms with van der Waals surface area (Å²) in [6.07, 6.45) is 0.844. The molecular weight excluding hydrogens is 384 g/mol. The third-order valence-corrected chi connectivity index (χ3v) is 5.09. The van der Waals surface area contributed by atoms with Crippen LogP contribution in [-0.2, 0) is 6.42 Å². The third-order valence-electron chi connectivity index (χ3n) is 5.09. The van der Waals surface area contributed by atoms with Crippen LogP contribution in [-0.4, -0.2) is 22.5 Å². The summed E-state index contributed by atoms with van der Waals surface area (Å²) >= 11 is 0. The van der Waals surface area contributed by atoms with Crippen LogP contribution in [0.15, 0.2) is 66.7 Å². The smallest absolute Gasteiger partial charge is 0.269 e. The van der Waals surface area contributed by atoms with Crippen molar-refractivity contribution in [2.24, 2.45) is 0 Å². The van der Waals surface area contributed by atoms with Gasteiger partial charge in [-0.3, -0.25) is 24.5 Å². The van der Waals surface area contributed by atoms with Crippen LogP contribution >= 0.6 is 0 Å². The van der Waals surface area contributed by atoms with E-state index in [1.54, 1.807) is 12.1 Å². The number of nitrogens with zero attached hydrogens (tertiary/aromatic N) is 2. The molecule has 7 nitrogen and oxygen atoms in total. The molecule has 0 fully saturated rings. The maximum atomic E-state index is 12.9. The van der Waals surface area contributed by atoms with Gasteiger partial charge in [-0.05, 0) is 48.4 Å². The Balaban J connectivity index is 1.65. The van der Waals surface area contributed by atoms with Gasteiger partial charge in [0.1, 0.15) is 0 Å². The Morgan fingerprint density at radius 1 is 0.867 bits per heavy atom. The molecule has 0 aliphatic carbocycles. The molecule has 0 radical (unpaired) electrons. The van der Waals surface area contributed by atoms with Crippen molar-refractivity contribution >= 4 is 29.0 Å². The summed E-state index contributed by atoms with van der Waals surface area (Å²) in [5.74, 6) is -1.31. The van der Waals surface area contributed by atoms with Crippen molar-refractivity contribution in [3.63, 3.8) is 0 Å². The second kappa shape index (κ2) is 7.36. The van der Waals surface area contributed by atoms with Crippen LogP contribution in [0.3, 0.4) is 0 Å². The van der Waals surface area contributed by atoms with Crippen molar-refractivity contribution in [1.29, 1.82) is 0 Å². The first kappa shape index (κ1) is 19.2. The molecule has 0 saturated heterocycles.